The van der Waals surface area contributed by atoms with Crippen molar-refractivity contribution in [2.75, 3.05) is 12.4 Å². The zero-order valence-corrected chi connectivity index (χ0v) is 7.94. The Hall–Kier alpha value is -1.09. The van der Waals surface area contributed by atoms with Crippen molar-refractivity contribution in [1.82, 2.24) is 0 Å². The van der Waals surface area contributed by atoms with Crippen LogP contribution in [0.2, 0.25) is 0 Å². The zero-order chi connectivity index (χ0) is 8.97. The second kappa shape index (κ2) is 4.07. The zero-order valence-electron chi connectivity index (χ0n) is 7.13. The van der Waals surface area contributed by atoms with Gasteiger partial charge in [0.05, 0.1) is 7.11 Å². The first-order valence-corrected chi connectivity index (χ1v) is 4.05. The first kappa shape index (κ1) is 9.00. The van der Waals surface area contributed by atoms with E-state index in [1.54, 1.807) is 7.11 Å². The molecule has 2 nitrogen and oxygen atoms in total. The van der Waals surface area contributed by atoms with Crippen LogP contribution in [0.4, 0.5) is 5.69 Å². The van der Waals surface area contributed by atoms with Crippen LogP contribution in [0.5, 0.6) is 0 Å². The van der Waals surface area contributed by atoms with Crippen LogP contribution >= 0.6 is 12.2 Å². The smallest absolute Gasteiger partial charge is 0.260 e. The summed E-state index contributed by atoms with van der Waals surface area (Å²) >= 11 is 4.85. The number of aryl methyl sites for hydroxylation is 1. The molecule has 3 heteroatoms. The van der Waals surface area contributed by atoms with Crippen molar-refractivity contribution in [3.05, 3.63) is 29.8 Å². The molecule has 0 aliphatic rings. The monoisotopic (exact) mass is 181 g/mol. The molecule has 0 heterocycles. The summed E-state index contributed by atoms with van der Waals surface area (Å²) in [4.78, 5) is 0. The Kier molecular flexibility index (Phi) is 3.05. The second-order valence-corrected chi connectivity index (χ2v) is 2.86. The van der Waals surface area contributed by atoms with Crippen LogP contribution < -0.4 is 5.32 Å². The van der Waals surface area contributed by atoms with Crippen LogP contribution in [-0.2, 0) is 4.74 Å². The molecule has 12 heavy (non-hydrogen) atoms. The van der Waals surface area contributed by atoms with Crippen molar-refractivity contribution >= 4 is 23.1 Å². The molecule has 0 atom stereocenters. The number of thiocarbonyl (C=S) groups is 1. The van der Waals surface area contributed by atoms with Crippen LogP contribution in [0.1, 0.15) is 5.56 Å². The standard InChI is InChI=1S/C9H11NOS/c1-7-4-3-5-8(6-7)10-9(12)11-2/h3-6H,1-2H3,(H,10,12). The fraction of sp³-hybridized carbons (Fsp3) is 0.222. The Bertz CT molecular complexity index is 286. The van der Waals surface area contributed by atoms with Crippen molar-refractivity contribution in [2.24, 2.45) is 0 Å². The molecule has 0 fully saturated rings. The number of anilines is 1. The van der Waals surface area contributed by atoms with E-state index in [4.69, 9.17) is 17.0 Å². The number of nitrogens with one attached hydrogen (secondary N) is 1. The molecular weight excluding hydrogens is 170 g/mol. The van der Waals surface area contributed by atoms with Crippen molar-refractivity contribution in [3.63, 3.8) is 0 Å². The van der Waals surface area contributed by atoms with Gasteiger partial charge in [-0.2, -0.15) is 0 Å². The Morgan fingerprint density at radius 1 is 1.50 bits per heavy atom. The van der Waals surface area contributed by atoms with E-state index in [1.807, 2.05) is 31.2 Å². The highest BCUT2D eigenvalue weighted by atomic mass is 32.1. The van der Waals surface area contributed by atoms with Crippen molar-refractivity contribution < 1.29 is 4.74 Å². The summed E-state index contributed by atoms with van der Waals surface area (Å²) in [5, 5.41) is 3.33. The molecule has 0 bridgehead atoms. The lowest BCUT2D eigenvalue weighted by Gasteiger charge is -2.05. The molecule has 0 aliphatic carbocycles. The molecular formula is C9H11NOS. The summed E-state index contributed by atoms with van der Waals surface area (Å²) < 4.78 is 4.81. The fourth-order valence-electron chi connectivity index (χ4n) is 0.892. The molecule has 1 N–H and O–H groups in total. The number of rotatable bonds is 1. The molecule has 0 unspecified atom stereocenters. The average molecular weight is 181 g/mol. The van der Waals surface area contributed by atoms with Crippen LogP contribution in [-0.4, -0.2) is 12.3 Å². The van der Waals surface area contributed by atoms with E-state index in [0.717, 1.165) is 5.69 Å². The Morgan fingerprint density at radius 2 is 2.25 bits per heavy atom. The van der Waals surface area contributed by atoms with Crippen LogP contribution in [0, 0.1) is 6.92 Å². The van der Waals surface area contributed by atoms with Gasteiger partial charge in [0.25, 0.3) is 5.17 Å². The van der Waals surface area contributed by atoms with E-state index >= 15 is 0 Å². The summed E-state index contributed by atoms with van der Waals surface area (Å²) in [6, 6.07) is 7.95. The lowest BCUT2D eigenvalue weighted by atomic mass is 10.2. The van der Waals surface area contributed by atoms with Gasteiger partial charge in [-0.05, 0) is 36.8 Å². The van der Waals surface area contributed by atoms with E-state index in [1.165, 1.54) is 5.56 Å². The molecule has 0 saturated carbocycles. The minimum atomic E-state index is 0.389. The molecule has 64 valence electrons. The predicted octanol–water partition coefficient (Wildman–Crippen LogP) is 2.34. The van der Waals surface area contributed by atoms with Crippen LogP contribution in [0.25, 0.3) is 0 Å². The highest BCUT2D eigenvalue weighted by Gasteiger charge is 1.94. The summed E-state index contributed by atoms with van der Waals surface area (Å²) in [5.41, 5.74) is 2.15. The van der Waals surface area contributed by atoms with Crippen molar-refractivity contribution in [1.29, 1.82) is 0 Å². The highest BCUT2D eigenvalue weighted by Crippen LogP contribution is 2.09. The summed E-state index contributed by atoms with van der Waals surface area (Å²) in [6.45, 7) is 2.03. The number of benzene rings is 1. The maximum Gasteiger partial charge on any atom is 0.260 e. The minimum Gasteiger partial charge on any atom is -0.474 e. The van der Waals surface area contributed by atoms with E-state index in [-0.39, 0.29) is 0 Å². The van der Waals surface area contributed by atoms with Gasteiger partial charge in [0.2, 0.25) is 0 Å². The van der Waals surface area contributed by atoms with Gasteiger partial charge >= 0.3 is 0 Å². The van der Waals surface area contributed by atoms with Gasteiger partial charge in [-0.3, -0.25) is 0 Å². The van der Waals surface area contributed by atoms with E-state index in [0.29, 0.717) is 5.17 Å². The molecule has 0 radical (unpaired) electrons. The number of hydrogen-bond donors (Lipinski definition) is 1. The maximum atomic E-state index is 4.85. The van der Waals surface area contributed by atoms with E-state index in [9.17, 15) is 0 Å². The van der Waals surface area contributed by atoms with Gasteiger partial charge in [0.15, 0.2) is 0 Å². The number of ether oxygens (including phenoxy) is 1. The average Bonchev–Trinajstić information content (AvgIpc) is 2.04. The number of hydrogen-bond acceptors (Lipinski definition) is 2. The molecule has 0 aliphatic heterocycles. The van der Waals surface area contributed by atoms with Gasteiger partial charge in [-0.25, -0.2) is 0 Å². The maximum absolute atomic E-state index is 4.85. The third-order valence-corrected chi connectivity index (χ3v) is 1.72. The highest BCUT2D eigenvalue weighted by molar-refractivity contribution is 7.80. The lowest BCUT2D eigenvalue weighted by molar-refractivity contribution is 0.413. The van der Waals surface area contributed by atoms with Gasteiger partial charge in [0.1, 0.15) is 0 Å². The van der Waals surface area contributed by atoms with Crippen molar-refractivity contribution in [2.45, 2.75) is 6.92 Å². The van der Waals surface area contributed by atoms with Gasteiger partial charge < -0.3 is 10.1 Å². The van der Waals surface area contributed by atoms with E-state index in [2.05, 4.69) is 5.32 Å². The van der Waals surface area contributed by atoms with Gasteiger partial charge in [-0.1, -0.05) is 12.1 Å². The quantitative estimate of drug-likeness (QED) is 0.672. The van der Waals surface area contributed by atoms with E-state index < -0.39 is 0 Å². The SMILES string of the molecule is COC(=S)Nc1cccc(C)c1. The third kappa shape index (κ3) is 2.51. The molecule has 0 aromatic heterocycles. The second-order valence-electron chi connectivity index (χ2n) is 2.49. The third-order valence-electron chi connectivity index (χ3n) is 1.45. The summed E-state index contributed by atoms with van der Waals surface area (Å²) in [5.74, 6) is 0. The molecule has 1 aromatic carbocycles. The lowest BCUT2D eigenvalue weighted by Crippen LogP contribution is -2.10. The minimum absolute atomic E-state index is 0.389. The van der Waals surface area contributed by atoms with Gasteiger partial charge in [0, 0.05) is 5.69 Å². The molecule has 0 spiro atoms. The normalized spacial score (nSPS) is 9.17. The molecule has 1 rings (SSSR count). The van der Waals surface area contributed by atoms with Crippen LogP contribution in [0.3, 0.4) is 0 Å². The summed E-state index contributed by atoms with van der Waals surface area (Å²) in [6.07, 6.45) is 0. The Morgan fingerprint density at radius 3 is 2.83 bits per heavy atom. The Labute approximate surface area is 77.5 Å². The first-order valence-electron chi connectivity index (χ1n) is 3.64. The van der Waals surface area contributed by atoms with Crippen molar-refractivity contribution in [3.8, 4) is 0 Å². The summed E-state index contributed by atoms with van der Waals surface area (Å²) in [7, 11) is 1.55. The fourth-order valence-corrected chi connectivity index (χ4v) is 1.01. The Balaban J connectivity index is 2.69. The van der Waals surface area contributed by atoms with Crippen LogP contribution in [0.15, 0.2) is 24.3 Å². The topological polar surface area (TPSA) is 21.3 Å². The largest absolute Gasteiger partial charge is 0.474 e. The first-order chi connectivity index (χ1) is 5.72. The predicted molar refractivity (Wildman–Crippen MR) is 54.4 cm³/mol. The van der Waals surface area contributed by atoms with Gasteiger partial charge in [-0.15, -0.1) is 0 Å². The molecule has 0 saturated heterocycles. The molecule has 1 aromatic rings. The number of methoxy groups -OCH3 is 1. The molecule has 0 amide bonds.